The maximum absolute atomic E-state index is 5.13. The van der Waals surface area contributed by atoms with Gasteiger partial charge >= 0.3 is 0 Å². The second-order valence-corrected chi connectivity index (χ2v) is 7.24. The van der Waals surface area contributed by atoms with Crippen LogP contribution in [0, 0.1) is 5.92 Å². The third-order valence-electron chi connectivity index (χ3n) is 5.33. The van der Waals surface area contributed by atoms with Crippen LogP contribution in [0.3, 0.4) is 0 Å². The lowest BCUT2D eigenvalue weighted by Crippen LogP contribution is -2.40. The van der Waals surface area contributed by atoms with Crippen LogP contribution < -0.4 is 4.74 Å². The van der Waals surface area contributed by atoms with Gasteiger partial charge in [0.25, 0.3) is 0 Å². The Labute approximate surface area is 159 Å². The van der Waals surface area contributed by atoms with Gasteiger partial charge in [0.05, 0.1) is 19.3 Å². The molecule has 3 heterocycles. The lowest BCUT2D eigenvalue weighted by atomic mass is 9.87. The Morgan fingerprint density at radius 1 is 1.15 bits per heavy atom. The Bertz CT molecular complexity index is 862. The number of aromatic nitrogens is 4. The fourth-order valence-electron chi connectivity index (χ4n) is 3.89. The Kier molecular flexibility index (Phi) is 5.16. The quantitative estimate of drug-likeness (QED) is 0.697. The zero-order valence-electron chi connectivity index (χ0n) is 15.8. The summed E-state index contributed by atoms with van der Waals surface area (Å²) >= 11 is 0. The summed E-state index contributed by atoms with van der Waals surface area (Å²) in [5, 5.41) is 8.86. The Morgan fingerprint density at radius 3 is 2.74 bits per heavy atom. The number of methoxy groups -OCH3 is 1. The van der Waals surface area contributed by atoms with Crippen molar-refractivity contribution in [3.05, 3.63) is 60.4 Å². The topological polar surface area (TPSA) is 56.1 Å². The number of likely N-dealkylation sites (tertiary alicyclic amines) is 1. The minimum Gasteiger partial charge on any atom is -0.481 e. The molecule has 140 valence electrons. The smallest absolute Gasteiger partial charge is 0.212 e. The first-order valence-corrected chi connectivity index (χ1v) is 9.37. The van der Waals surface area contributed by atoms with E-state index >= 15 is 0 Å². The molecule has 2 aromatic heterocycles. The molecule has 3 aromatic rings. The molecule has 0 saturated carbocycles. The van der Waals surface area contributed by atoms with Crippen molar-refractivity contribution >= 4 is 0 Å². The van der Waals surface area contributed by atoms with E-state index in [4.69, 9.17) is 4.74 Å². The summed E-state index contributed by atoms with van der Waals surface area (Å²) in [5.41, 5.74) is 3.18. The van der Waals surface area contributed by atoms with Crippen LogP contribution >= 0.6 is 0 Å². The highest BCUT2D eigenvalue weighted by atomic mass is 16.5. The molecule has 1 aromatic carbocycles. The number of piperidine rings is 1. The largest absolute Gasteiger partial charge is 0.481 e. The molecule has 0 radical (unpaired) electrons. The summed E-state index contributed by atoms with van der Waals surface area (Å²) in [4.78, 5) is 6.68. The molecule has 0 unspecified atom stereocenters. The summed E-state index contributed by atoms with van der Waals surface area (Å²) in [7, 11) is 3.81. The number of ether oxygens (including phenoxy) is 1. The van der Waals surface area contributed by atoms with Crippen molar-refractivity contribution in [2.75, 3.05) is 27.2 Å². The van der Waals surface area contributed by atoms with Gasteiger partial charge in [-0.25, -0.2) is 9.67 Å². The molecule has 4 rings (SSSR count). The standard InChI is InChI=1S/C21H25N5O/c1-25-11-10-20(18(14-25)12-16-6-4-3-5-7-16)26-15-19(23-24-26)17-8-9-21(27-2)22-13-17/h3-9,13,15,18,20H,10-12,14H2,1-2H3/t18-,20+/m1/s1. The van der Waals surface area contributed by atoms with Gasteiger partial charge < -0.3 is 9.64 Å². The van der Waals surface area contributed by atoms with Gasteiger partial charge in [-0.1, -0.05) is 35.5 Å². The number of nitrogens with zero attached hydrogens (tertiary/aromatic N) is 5. The van der Waals surface area contributed by atoms with Gasteiger partial charge in [0.15, 0.2) is 0 Å². The molecule has 27 heavy (non-hydrogen) atoms. The van der Waals surface area contributed by atoms with Crippen molar-refractivity contribution < 1.29 is 4.74 Å². The van der Waals surface area contributed by atoms with E-state index in [9.17, 15) is 0 Å². The highest BCUT2D eigenvalue weighted by Gasteiger charge is 2.30. The third-order valence-corrected chi connectivity index (χ3v) is 5.33. The van der Waals surface area contributed by atoms with E-state index < -0.39 is 0 Å². The lowest BCUT2D eigenvalue weighted by molar-refractivity contribution is 0.137. The lowest BCUT2D eigenvalue weighted by Gasteiger charge is -2.36. The number of pyridine rings is 1. The molecular weight excluding hydrogens is 338 g/mol. The van der Waals surface area contributed by atoms with E-state index in [-0.39, 0.29) is 0 Å². The Morgan fingerprint density at radius 2 is 2.00 bits per heavy atom. The fourth-order valence-corrected chi connectivity index (χ4v) is 3.89. The molecule has 2 atom stereocenters. The van der Waals surface area contributed by atoms with Crippen LogP contribution in [0.1, 0.15) is 18.0 Å². The predicted octanol–water partition coefficient (Wildman–Crippen LogP) is 3.08. The monoisotopic (exact) mass is 363 g/mol. The highest BCUT2D eigenvalue weighted by molar-refractivity contribution is 5.56. The molecule has 0 aliphatic carbocycles. The van der Waals surface area contributed by atoms with Crippen LogP contribution in [-0.4, -0.2) is 52.1 Å². The van der Waals surface area contributed by atoms with Crippen molar-refractivity contribution in [1.29, 1.82) is 0 Å². The summed E-state index contributed by atoms with van der Waals surface area (Å²) in [6, 6.07) is 14.9. The van der Waals surface area contributed by atoms with E-state index in [0.717, 1.165) is 37.2 Å². The van der Waals surface area contributed by atoms with E-state index in [1.807, 2.05) is 12.1 Å². The zero-order valence-corrected chi connectivity index (χ0v) is 15.8. The van der Waals surface area contributed by atoms with Gasteiger partial charge in [0, 0.05) is 24.4 Å². The van der Waals surface area contributed by atoms with E-state index in [2.05, 4.69) is 68.5 Å². The fraction of sp³-hybridized carbons (Fsp3) is 0.381. The van der Waals surface area contributed by atoms with Crippen molar-refractivity contribution in [3.63, 3.8) is 0 Å². The normalized spacial score (nSPS) is 20.5. The average Bonchev–Trinajstić information content (AvgIpc) is 3.19. The summed E-state index contributed by atoms with van der Waals surface area (Å²) < 4.78 is 7.18. The molecule has 0 amide bonds. The van der Waals surface area contributed by atoms with Crippen molar-refractivity contribution in [1.82, 2.24) is 24.9 Å². The van der Waals surface area contributed by atoms with E-state index in [0.29, 0.717) is 17.8 Å². The van der Waals surface area contributed by atoms with Crippen LogP contribution in [0.2, 0.25) is 0 Å². The van der Waals surface area contributed by atoms with Gasteiger partial charge in [-0.05, 0) is 44.0 Å². The average molecular weight is 363 g/mol. The first-order chi connectivity index (χ1) is 13.2. The first kappa shape index (κ1) is 17.7. The van der Waals surface area contributed by atoms with Crippen molar-refractivity contribution in [3.8, 4) is 17.1 Å². The summed E-state index contributed by atoms with van der Waals surface area (Å²) in [6.07, 6.45) is 5.97. The number of hydrogen-bond donors (Lipinski definition) is 0. The van der Waals surface area contributed by atoms with Crippen LogP contribution in [-0.2, 0) is 6.42 Å². The molecule has 0 spiro atoms. The Balaban J connectivity index is 1.55. The summed E-state index contributed by atoms with van der Waals surface area (Å²) in [5.74, 6) is 1.11. The minimum atomic E-state index is 0.355. The van der Waals surface area contributed by atoms with Gasteiger partial charge in [0.2, 0.25) is 5.88 Å². The predicted molar refractivity (Wildman–Crippen MR) is 105 cm³/mol. The number of benzene rings is 1. The first-order valence-electron chi connectivity index (χ1n) is 9.37. The molecule has 0 N–H and O–H groups in total. The minimum absolute atomic E-state index is 0.355. The summed E-state index contributed by atoms with van der Waals surface area (Å²) in [6.45, 7) is 2.15. The molecule has 6 nitrogen and oxygen atoms in total. The van der Waals surface area contributed by atoms with Gasteiger partial charge in [0.1, 0.15) is 5.69 Å². The molecular formula is C21H25N5O. The van der Waals surface area contributed by atoms with Crippen LogP contribution in [0.25, 0.3) is 11.3 Å². The molecule has 1 aliphatic rings. The third kappa shape index (κ3) is 4.01. The zero-order chi connectivity index (χ0) is 18.6. The number of hydrogen-bond acceptors (Lipinski definition) is 5. The van der Waals surface area contributed by atoms with Gasteiger partial charge in [-0.3, -0.25) is 0 Å². The van der Waals surface area contributed by atoms with Crippen LogP contribution in [0.4, 0.5) is 0 Å². The van der Waals surface area contributed by atoms with E-state index in [1.54, 1.807) is 13.3 Å². The van der Waals surface area contributed by atoms with E-state index in [1.165, 1.54) is 5.56 Å². The second kappa shape index (κ2) is 7.88. The maximum Gasteiger partial charge on any atom is 0.212 e. The molecule has 6 heteroatoms. The molecule has 1 aliphatic heterocycles. The number of rotatable bonds is 5. The maximum atomic E-state index is 5.13. The van der Waals surface area contributed by atoms with Gasteiger partial charge in [-0.2, -0.15) is 0 Å². The Hall–Kier alpha value is -2.73. The van der Waals surface area contributed by atoms with Crippen molar-refractivity contribution in [2.45, 2.75) is 18.9 Å². The van der Waals surface area contributed by atoms with Crippen LogP contribution in [0.5, 0.6) is 5.88 Å². The SMILES string of the molecule is COc1ccc(-c2cn([C@H]3CCN(C)C[C@H]3Cc3ccccc3)nn2)cn1. The molecule has 1 fully saturated rings. The second-order valence-electron chi connectivity index (χ2n) is 7.24. The highest BCUT2D eigenvalue weighted by Crippen LogP contribution is 2.31. The molecule has 0 bridgehead atoms. The van der Waals surface area contributed by atoms with Crippen LogP contribution in [0.15, 0.2) is 54.9 Å². The van der Waals surface area contributed by atoms with Crippen molar-refractivity contribution in [2.24, 2.45) is 5.92 Å². The molecule has 1 saturated heterocycles. The van der Waals surface area contributed by atoms with Gasteiger partial charge in [-0.15, -0.1) is 5.10 Å².